The van der Waals surface area contributed by atoms with Crippen molar-refractivity contribution in [1.29, 1.82) is 0 Å². The summed E-state index contributed by atoms with van der Waals surface area (Å²) in [5.74, 6) is 1.63. The van der Waals surface area contributed by atoms with Crippen LogP contribution in [0.15, 0.2) is 42.5 Å². The lowest BCUT2D eigenvalue weighted by Gasteiger charge is -2.29. The minimum atomic E-state index is -0.259. The van der Waals surface area contributed by atoms with Crippen molar-refractivity contribution >= 4 is 5.91 Å². The van der Waals surface area contributed by atoms with Gasteiger partial charge in [0.15, 0.2) is 0 Å². The van der Waals surface area contributed by atoms with E-state index in [-0.39, 0.29) is 17.6 Å². The van der Waals surface area contributed by atoms with E-state index in [1.807, 2.05) is 17.0 Å². The first-order valence-corrected chi connectivity index (χ1v) is 11.2. The third kappa shape index (κ3) is 4.70. The van der Waals surface area contributed by atoms with Crippen molar-refractivity contribution in [3.05, 3.63) is 64.7 Å². The van der Waals surface area contributed by atoms with Gasteiger partial charge in [-0.1, -0.05) is 50.2 Å². The maximum Gasteiger partial charge on any atom is 0.226 e. The van der Waals surface area contributed by atoms with Gasteiger partial charge in [-0.15, -0.1) is 0 Å². The fourth-order valence-electron chi connectivity index (χ4n) is 4.64. The lowest BCUT2D eigenvalue weighted by atomic mass is 9.90. The Balaban J connectivity index is 1.39. The molecule has 1 amide bonds. The fraction of sp³-hybridized carbons (Fsp3) is 0.500. The van der Waals surface area contributed by atoms with E-state index in [0.29, 0.717) is 38.3 Å². The molecule has 1 N–H and O–H groups in total. The second kappa shape index (κ2) is 8.43. The highest BCUT2D eigenvalue weighted by Crippen LogP contribution is 2.37. The Hall–Kier alpha value is -2.33. The average molecular weight is 408 g/mol. The number of fused-ring (bicyclic) bond motifs is 1. The van der Waals surface area contributed by atoms with Gasteiger partial charge in [0.2, 0.25) is 5.91 Å². The summed E-state index contributed by atoms with van der Waals surface area (Å²) in [6, 6.07) is 15.0. The van der Waals surface area contributed by atoms with Gasteiger partial charge in [0.25, 0.3) is 0 Å². The predicted molar refractivity (Wildman–Crippen MR) is 119 cm³/mol. The van der Waals surface area contributed by atoms with Crippen LogP contribution >= 0.6 is 0 Å². The number of benzene rings is 2. The second-order valence-corrected chi connectivity index (χ2v) is 9.53. The van der Waals surface area contributed by atoms with Crippen LogP contribution in [-0.2, 0) is 24.1 Å². The Bertz CT molecular complexity index is 897. The molecule has 0 saturated carbocycles. The standard InChI is InChI=1S/C26H33NO3/c1-18(2)21-7-4-19(5-8-21)16-26(3)17-22-14-20(6-9-24(22)30-26)15-25(29)27-12-10-23(28)11-13-27/h4-9,14,18,23,28H,10-13,15-17H2,1-3H3. The summed E-state index contributed by atoms with van der Waals surface area (Å²) in [7, 11) is 0. The molecule has 2 aromatic rings. The molecule has 4 nitrogen and oxygen atoms in total. The molecule has 1 atom stereocenters. The lowest BCUT2D eigenvalue weighted by Crippen LogP contribution is -2.40. The van der Waals surface area contributed by atoms with Gasteiger partial charge in [0.1, 0.15) is 11.4 Å². The van der Waals surface area contributed by atoms with E-state index in [9.17, 15) is 9.90 Å². The number of piperidine rings is 1. The molecule has 0 bridgehead atoms. The zero-order valence-electron chi connectivity index (χ0n) is 18.4. The number of aliphatic hydroxyl groups is 1. The molecular weight excluding hydrogens is 374 g/mol. The Kier molecular flexibility index (Phi) is 5.88. The molecule has 2 aliphatic heterocycles. The summed E-state index contributed by atoms with van der Waals surface area (Å²) in [5.41, 5.74) is 4.62. The third-order valence-corrected chi connectivity index (χ3v) is 6.44. The number of hydrogen-bond donors (Lipinski definition) is 1. The molecule has 30 heavy (non-hydrogen) atoms. The molecule has 1 saturated heterocycles. The summed E-state index contributed by atoms with van der Waals surface area (Å²) in [5, 5.41) is 9.64. The summed E-state index contributed by atoms with van der Waals surface area (Å²) in [6.07, 6.45) is 3.24. The number of hydrogen-bond acceptors (Lipinski definition) is 3. The quantitative estimate of drug-likeness (QED) is 0.805. The SMILES string of the molecule is CC(C)c1ccc(CC2(C)Cc3cc(CC(=O)N4CCC(O)CC4)ccc3O2)cc1. The molecule has 160 valence electrons. The number of aliphatic hydroxyl groups excluding tert-OH is 1. The molecule has 2 aliphatic rings. The molecule has 0 aliphatic carbocycles. The van der Waals surface area contributed by atoms with Crippen molar-refractivity contribution in [1.82, 2.24) is 4.90 Å². The van der Waals surface area contributed by atoms with Crippen LogP contribution in [-0.4, -0.2) is 40.7 Å². The third-order valence-electron chi connectivity index (χ3n) is 6.44. The number of ether oxygens (including phenoxy) is 1. The zero-order chi connectivity index (χ0) is 21.3. The van der Waals surface area contributed by atoms with E-state index >= 15 is 0 Å². The van der Waals surface area contributed by atoms with Crippen molar-refractivity contribution in [2.24, 2.45) is 0 Å². The average Bonchev–Trinajstić information content (AvgIpc) is 3.03. The molecular formula is C26H33NO3. The van der Waals surface area contributed by atoms with Crippen LogP contribution in [0.2, 0.25) is 0 Å². The Labute approximate surface area is 179 Å². The van der Waals surface area contributed by atoms with Crippen molar-refractivity contribution in [2.45, 2.75) is 70.5 Å². The number of nitrogens with zero attached hydrogens (tertiary/aromatic N) is 1. The van der Waals surface area contributed by atoms with Gasteiger partial charge in [-0.2, -0.15) is 0 Å². The molecule has 0 radical (unpaired) electrons. The highest BCUT2D eigenvalue weighted by atomic mass is 16.5. The molecule has 1 unspecified atom stereocenters. The fourth-order valence-corrected chi connectivity index (χ4v) is 4.64. The van der Waals surface area contributed by atoms with E-state index in [1.165, 1.54) is 16.7 Å². The minimum Gasteiger partial charge on any atom is -0.487 e. The van der Waals surface area contributed by atoms with E-state index in [2.05, 4.69) is 51.1 Å². The maximum atomic E-state index is 12.6. The molecule has 0 aromatic heterocycles. The van der Waals surface area contributed by atoms with Gasteiger partial charge in [-0.3, -0.25) is 4.79 Å². The van der Waals surface area contributed by atoms with Gasteiger partial charge >= 0.3 is 0 Å². The van der Waals surface area contributed by atoms with E-state index in [0.717, 1.165) is 24.2 Å². The summed E-state index contributed by atoms with van der Waals surface area (Å²) in [4.78, 5) is 14.5. The predicted octanol–water partition coefficient (Wildman–Crippen LogP) is 4.27. The van der Waals surface area contributed by atoms with Crippen LogP contribution in [0.4, 0.5) is 0 Å². The van der Waals surface area contributed by atoms with Crippen molar-refractivity contribution in [3.8, 4) is 5.75 Å². The first-order chi connectivity index (χ1) is 14.3. The van der Waals surface area contributed by atoms with Gasteiger partial charge in [0, 0.05) is 25.9 Å². The molecule has 2 aromatic carbocycles. The highest BCUT2D eigenvalue weighted by Gasteiger charge is 2.35. The van der Waals surface area contributed by atoms with E-state index in [4.69, 9.17) is 4.74 Å². The molecule has 1 fully saturated rings. The van der Waals surface area contributed by atoms with Crippen molar-refractivity contribution in [2.75, 3.05) is 13.1 Å². The number of amides is 1. The Morgan fingerprint density at radius 3 is 2.47 bits per heavy atom. The lowest BCUT2D eigenvalue weighted by molar-refractivity contribution is -0.132. The van der Waals surface area contributed by atoms with Crippen molar-refractivity contribution < 1.29 is 14.6 Å². The summed E-state index contributed by atoms with van der Waals surface area (Å²) < 4.78 is 6.34. The normalized spacial score (nSPS) is 21.6. The van der Waals surface area contributed by atoms with E-state index < -0.39 is 0 Å². The van der Waals surface area contributed by atoms with Crippen LogP contribution in [0.1, 0.15) is 61.8 Å². The number of likely N-dealkylation sites (tertiary alicyclic amines) is 1. The first kappa shape index (κ1) is 20.9. The largest absolute Gasteiger partial charge is 0.487 e. The number of rotatable bonds is 5. The summed E-state index contributed by atoms with van der Waals surface area (Å²) >= 11 is 0. The van der Waals surface area contributed by atoms with E-state index in [1.54, 1.807) is 0 Å². The second-order valence-electron chi connectivity index (χ2n) is 9.53. The zero-order valence-corrected chi connectivity index (χ0v) is 18.4. The highest BCUT2D eigenvalue weighted by molar-refractivity contribution is 5.79. The first-order valence-electron chi connectivity index (χ1n) is 11.2. The monoisotopic (exact) mass is 407 g/mol. The van der Waals surface area contributed by atoms with Crippen molar-refractivity contribution in [3.63, 3.8) is 0 Å². The smallest absolute Gasteiger partial charge is 0.226 e. The van der Waals surface area contributed by atoms with Crippen LogP contribution in [0.5, 0.6) is 5.75 Å². The van der Waals surface area contributed by atoms with Crippen LogP contribution in [0.3, 0.4) is 0 Å². The van der Waals surface area contributed by atoms with Gasteiger partial charge in [-0.25, -0.2) is 0 Å². The molecule has 0 spiro atoms. The van der Waals surface area contributed by atoms with Crippen LogP contribution in [0, 0.1) is 0 Å². The van der Waals surface area contributed by atoms with Gasteiger partial charge in [-0.05, 0) is 54.0 Å². The summed E-state index contributed by atoms with van der Waals surface area (Å²) in [6.45, 7) is 7.91. The molecule has 2 heterocycles. The molecule has 4 heteroatoms. The van der Waals surface area contributed by atoms with Gasteiger partial charge < -0.3 is 14.7 Å². The Morgan fingerprint density at radius 2 is 1.80 bits per heavy atom. The Morgan fingerprint density at radius 1 is 1.13 bits per heavy atom. The van der Waals surface area contributed by atoms with Gasteiger partial charge in [0.05, 0.1) is 12.5 Å². The molecule has 4 rings (SSSR count). The minimum absolute atomic E-state index is 0.147. The van der Waals surface area contributed by atoms with Crippen LogP contribution < -0.4 is 4.74 Å². The maximum absolute atomic E-state index is 12.6. The topological polar surface area (TPSA) is 49.8 Å². The number of carbonyl (C=O) groups excluding carboxylic acids is 1. The number of carbonyl (C=O) groups is 1. The van der Waals surface area contributed by atoms with Crippen LogP contribution in [0.25, 0.3) is 0 Å².